The largest absolute Gasteiger partial charge is 0.399 e. The zero-order chi connectivity index (χ0) is 13.0. The first-order valence-corrected chi connectivity index (χ1v) is 6.86. The van der Waals surface area contributed by atoms with Gasteiger partial charge in [0.05, 0.1) is 0 Å². The summed E-state index contributed by atoms with van der Waals surface area (Å²) in [7, 11) is 0. The van der Waals surface area contributed by atoms with E-state index in [2.05, 4.69) is 0 Å². The number of aryl methyl sites for hydroxylation is 1. The maximum atomic E-state index is 12.0. The van der Waals surface area contributed by atoms with Gasteiger partial charge in [-0.05, 0) is 49.4 Å². The van der Waals surface area contributed by atoms with Crippen molar-refractivity contribution in [1.82, 2.24) is 4.90 Å². The quantitative estimate of drug-likeness (QED) is 0.855. The van der Waals surface area contributed by atoms with E-state index in [0.717, 1.165) is 31.5 Å². The number of carbonyl (C=O) groups excluding carboxylic acids is 1. The first kappa shape index (κ1) is 13.2. The summed E-state index contributed by atoms with van der Waals surface area (Å²) in [6, 6.07) is 5.42. The molecule has 0 unspecified atom stereocenters. The van der Waals surface area contributed by atoms with Crippen LogP contribution >= 0.6 is 11.6 Å². The lowest BCUT2D eigenvalue weighted by molar-refractivity contribution is -0.132. The number of rotatable bonds is 3. The molecular weight excluding hydrogens is 248 g/mol. The Hall–Kier alpha value is -1.22. The van der Waals surface area contributed by atoms with Crippen LogP contribution in [0.3, 0.4) is 0 Å². The Labute approximate surface area is 113 Å². The van der Waals surface area contributed by atoms with Crippen molar-refractivity contribution in [3.8, 4) is 0 Å². The highest BCUT2D eigenvalue weighted by atomic mass is 35.5. The Morgan fingerprint density at radius 2 is 2.00 bits per heavy atom. The molecule has 1 fully saturated rings. The van der Waals surface area contributed by atoms with Crippen LogP contribution in [0.25, 0.3) is 0 Å². The van der Waals surface area contributed by atoms with Crippen LogP contribution in [0.4, 0.5) is 5.69 Å². The number of hydrogen-bond acceptors (Lipinski definition) is 2. The first-order valence-electron chi connectivity index (χ1n) is 6.48. The number of piperidine rings is 1. The van der Waals surface area contributed by atoms with Crippen LogP contribution in [0.5, 0.6) is 0 Å². The molecular formula is C14H19ClN2O. The standard InChI is InChI=1S/C14H19ClN2O/c15-13-6-5-12(16)10-11(13)4-7-14(18)17-8-2-1-3-9-17/h5-6,10H,1-4,7-9,16H2. The molecule has 1 saturated heterocycles. The maximum absolute atomic E-state index is 12.0. The average Bonchev–Trinajstić information content (AvgIpc) is 2.40. The number of likely N-dealkylation sites (tertiary alicyclic amines) is 1. The minimum atomic E-state index is 0.230. The number of nitrogen functional groups attached to an aromatic ring is 1. The molecule has 4 heteroatoms. The molecule has 2 rings (SSSR count). The molecule has 0 aromatic heterocycles. The predicted molar refractivity (Wildman–Crippen MR) is 74.6 cm³/mol. The van der Waals surface area contributed by atoms with Crippen LogP contribution in [0.1, 0.15) is 31.2 Å². The first-order chi connectivity index (χ1) is 8.66. The van der Waals surface area contributed by atoms with Gasteiger partial charge in [0, 0.05) is 30.2 Å². The molecule has 0 saturated carbocycles. The molecule has 1 amide bonds. The second-order valence-corrected chi connectivity index (χ2v) is 5.20. The lowest BCUT2D eigenvalue weighted by Crippen LogP contribution is -2.35. The van der Waals surface area contributed by atoms with Gasteiger partial charge in [-0.2, -0.15) is 0 Å². The summed E-state index contributed by atoms with van der Waals surface area (Å²) in [6.45, 7) is 1.81. The normalized spacial score (nSPS) is 15.7. The van der Waals surface area contributed by atoms with Gasteiger partial charge in [-0.1, -0.05) is 11.6 Å². The zero-order valence-electron chi connectivity index (χ0n) is 10.5. The third-order valence-electron chi connectivity index (χ3n) is 3.39. The lowest BCUT2D eigenvalue weighted by Gasteiger charge is -2.26. The number of halogens is 1. The van der Waals surface area contributed by atoms with Crippen molar-refractivity contribution in [2.75, 3.05) is 18.8 Å². The van der Waals surface area contributed by atoms with Gasteiger partial charge in [0.2, 0.25) is 5.91 Å². The van der Waals surface area contributed by atoms with E-state index in [1.165, 1.54) is 6.42 Å². The fourth-order valence-corrected chi connectivity index (χ4v) is 2.54. The van der Waals surface area contributed by atoms with Crippen LogP contribution in [-0.2, 0) is 11.2 Å². The topological polar surface area (TPSA) is 46.3 Å². The predicted octanol–water partition coefficient (Wildman–Crippen LogP) is 2.87. The van der Waals surface area contributed by atoms with Gasteiger partial charge in [-0.3, -0.25) is 4.79 Å². The van der Waals surface area contributed by atoms with E-state index in [-0.39, 0.29) is 5.91 Å². The highest BCUT2D eigenvalue weighted by Crippen LogP contribution is 2.21. The summed E-state index contributed by atoms with van der Waals surface area (Å²) in [5, 5.41) is 0.690. The van der Waals surface area contributed by atoms with Crippen molar-refractivity contribution in [3.63, 3.8) is 0 Å². The number of carbonyl (C=O) groups is 1. The van der Waals surface area contributed by atoms with Crippen LogP contribution in [0.15, 0.2) is 18.2 Å². The Bertz CT molecular complexity index is 428. The van der Waals surface area contributed by atoms with Crippen molar-refractivity contribution >= 4 is 23.2 Å². The third-order valence-corrected chi connectivity index (χ3v) is 3.76. The summed E-state index contributed by atoms with van der Waals surface area (Å²) in [4.78, 5) is 14.0. The monoisotopic (exact) mass is 266 g/mol. The highest BCUT2D eigenvalue weighted by molar-refractivity contribution is 6.31. The Kier molecular flexibility index (Phi) is 4.48. The van der Waals surface area contributed by atoms with E-state index in [4.69, 9.17) is 17.3 Å². The molecule has 1 heterocycles. The fourth-order valence-electron chi connectivity index (χ4n) is 2.33. The zero-order valence-corrected chi connectivity index (χ0v) is 11.2. The molecule has 0 radical (unpaired) electrons. The molecule has 0 bridgehead atoms. The van der Waals surface area contributed by atoms with Crippen LogP contribution in [-0.4, -0.2) is 23.9 Å². The van der Waals surface area contributed by atoms with E-state index in [9.17, 15) is 4.79 Å². The average molecular weight is 267 g/mol. The number of nitrogens with zero attached hydrogens (tertiary/aromatic N) is 1. The third kappa shape index (κ3) is 3.39. The van der Waals surface area contributed by atoms with Gasteiger partial charge in [0.25, 0.3) is 0 Å². The van der Waals surface area contributed by atoms with Gasteiger partial charge in [0.1, 0.15) is 0 Å². The molecule has 18 heavy (non-hydrogen) atoms. The van der Waals surface area contributed by atoms with E-state index in [0.29, 0.717) is 23.6 Å². The van der Waals surface area contributed by atoms with Crippen LogP contribution < -0.4 is 5.73 Å². The second-order valence-electron chi connectivity index (χ2n) is 4.79. The minimum absolute atomic E-state index is 0.230. The number of hydrogen-bond donors (Lipinski definition) is 1. The summed E-state index contributed by atoms with van der Waals surface area (Å²) in [5.74, 6) is 0.230. The molecule has 1 aliphatic heterocycles. The SMILES string of the molecule is Nc1ccc(Cl)c(CCC(=O)N2CCCCC2)c1. The van der Waals surface area contributed by atoms with Crippen LogP contribution in [0, 0.1) is 0 Å². The van der Waals surface area contributed by atoms with E-state index in [1.807, 2.05) is 11.0 Å². The highest BCUT2D eigenvalue weighted by Gasteiger charge is 2.16. The summed E-state index contributed by atoms with van der Waals surface area (Å²) >= 11 is 6.08. The van der Waals surface area contributed by atoms with Crippen molar-refractivity contribution in [2.24, 2.45) is 0 Å². The molecule has 0 atom stereocenters. The minimum Gasteiger partial charge on any atom is -0.399 e. The summed E-state index contributed by atoms with van der Waals surface area (Å²) in [6.07, 6.45) is 4.68. The fraction of sp³-hybridized carbons (Fsp3) is 0.500. The van der Waals surface area contributed by atoms with Crippen molar-refractivity contribution in [2.45, 2.75) is 32.1 Å². The number of amides is 1. The smallest absolute Gasteiger partial charge is 0.222 e. The van der Waals surface area contributed by atoms with Gasteiger partial charge >= 0.3 is 0 Å². The Balaban J connectivity index is 1.90. The van der Waals surface area contributed by atoms with Gasteiger partial charge in [-0.15, -0.1) is 0 Å². The van der Waals surface area contributed by atoms with Gasteiger partial charge in [-0.25, -0.2) is 0 Å². The van der Waals surface area contributed by atoms with E-state index < -0.39 is 0 Å². The molecule has 1 aromatic carbocycles. The lowest BCUT2D eigenvalue weighted by atomic mass is 10.1. The molecule has 2 N–H and O–H groups in total. The van der Waals surface area contributed by atoms with Crippen molar-refractivity contribution < 1.29 is 4.79 Å². The van der Waals surface area contributed by atoms with Crippen LogP contribution in [0.2, 0.25) is 5.02 Å². The van der Waals surface area contributed by atoms with Crippen molar-refractivity contribution in [1.29, 1.82) is 0 Å². The van der Waals surface area contributed by atoms with Crippen molar-refractivity contribution in [3.05, 3.63) is 28.8 Å². The number of benzene rings is 1. The summed E-state index contributed by atoms with van der Waals surface area (Å²) < 4.78 is 0. The number of anilines is 1. The molecule has 1 aromatic rings. The second kappa shape index (κ2) is 6.10. The van der Waals surface area contributed by atoms with Gasteiger partial charge < -0.3 is 10.6 Å². The maximum Gasteiger partial charge on any atom is 0.222 e. The molecule has 98 valence electrons. The Morgan fingerprint density at radius 1 is 1.28 bits per heavy atom. The molecule has 0 spiro atoms. The van der Waals surface area contributed by atoms with Gasteiger partial charge in [0.15, 0.2) is 0 Å². The Morgan fingerprint density at radius 3 is 2.72 bits per heavy atom. The molecule has 0 aliphatic carbocycles. The van der Waals surface area contributed by atoms with E-state index >= 15 is 0 Å². The molecule has 1 aliphatic rings. The van der Waals surface area contributed by atoms with E-state index in [1.54, 1.807) is 12.1 Å². The number of nitrogens with two attached hydrogens (primary N) is 1. The summed E-state index contributed by atoms with van der Waals surface area (Å²) in [5.41, 5.74) is 7.38. The molecule has 3 nitrogen and oxygen atoms in total.